The van der Waals surface area contributed by atoms with Gasteiger partial charge in [0, 0.05) is 42.3 Å². The van der Waals surface area contributed by atoms with Gasteiger partial charge in [-0.05, 0) is 62.7 Å². The lowest BCUT2D eigenvalue weighted by molar-refractivity contribution is 0.0785. The van der Waals surface area contributed by atoms with E-state index in [1.54, 1.807) is 43.3 Å². The third kappa shape index (κ3) is 12.0. The van der Waals surface area contributed by atoms with Gasteiger partial charge in [-0.3, -0.25) is 9.59 Å². The van der Waals surface area contributed by atoms with Gasteiger partial charge in [-0.25, -0.2) is 4.98 Å². The van der Waals surface area contributed by atoms with Gasteiger partial charge in [0.2, 0.25) is 0 Å². The number of benzene rings is 3. The molecule has 8 heteroatoms. The van der Waals surface area contributed by atoms with Gasteiger partial charge < -0.3 is 20.3 Å². The van der Waals surface area contributed by atoms with Gasteiger partial charge >= 0.3 is 0 Å². The maximum atomic E-state index is 12.8. The molecule has 0 spiro atoms. The topological polar surface area (TPSA) is 83.6 Å². The van der Waals surface area contributed by atoms with Gasteiger partial charge in [0.1, 0.15) is 10.8 Å². The lowest BCUT2D eigenvalue weighted by atomic mass is 10.1. The molecule has 42 heavy (non-hydrogen) atoms. The number of thiazole rings is 1. The molecule has 1 heterocycles. The van der Waals surface area contributed by atoms with E-state index in [1.807, 2.05) is 54.8 Å². The first-order valence-corrected chi connectivity index (χ1v) is 14.5. The molecular weight excluding hydrogens is 544 g/mol. The van der Waals surface area contributed by atoms with Crippen LogP contribution in [0.4, 0.5) is 0 Å². The van der Waals surface area contributed by atoms with E-state index in [1.165, 1.54) is 16.9 Å². The maximum absolute atomic E-state index is 12.8. The highest BCUT2D eigenvalue weighted by Crippen LogP contribution is 2.14. The van der Waals surface area contributed by atoms with Crippen LogP contribution in [-0.4, -0.2) is 48.9 Å². The van der Waals surface area contributed by atoms with Crippen molar-refractivity contribution >= 4 is 23.2 Å². The maximum Gasteiger partial charge on any atom is 0.253 e. The number of aromatic nitrogens is 1. The van der Waals surface area contributed by atoms with E-state index in [9.17, 15) is 9.59 Å². The minimum absolute atomic E-state index is 0.140. The second-order valence-electron chi connectivity index (χ2n) is 9.42. The van der Waals surface area contributed by atoms with Crippen molar-refractivity contribution in [2.75, 3.05) is 27.2 Å². The fourth-order valence-corrected chi connectivity index (χ4v) is 4.65. The summed E-state index contributed by atoms with van der Waals surface area (Å²) in [6.45, 7) is 6.52. The number of rotatable bonds is 11. The summed E-state index contributed by atoms with van der Waals surface area (Å²) in [5.41, 5.74) is 4.38. The summed E-state index contributed by atoms with van der Waals surface area (Å²) in [6.07, 6.45) is 8.80. The number of terminal acetylenes is 1. The van der Waals surface area contributed by atoms with E-state index in [2.05, 4.69) is 47.5 Å². The van der Waals surface area contributed by atoms with Gasteiger partial charge in [-0.15, -0.1) is 24.2 Å². The van der Waals surface area contributed by atoms with Crippen molar-refractivity contribution in [3.8, 4) is 18.6 Å². The zero-order valence-electron chi connectivity index (χ0n) is 24.8. The minimum Gasteiger partial charge on any atom is -0.497 e. The molecule has 7 nitrogen and oxygen atoms in total. The van der Waals surface area contributed by atoms with Crippen LogP contribution in [0.15, 0.2) is 84.2 Å². The van der Waals surface area contributed by atoms with Crippen molar-refractivity contribution in [3.05, 3.63) is 117 Å². The number of nitrogens with zero attached hydrogens (tertiary/aromatic N) is 2. The standard InChI is InChI=1S/C25H30N4O3S.C7H8.C2H2/c1-18-17-33-23(28-18)16-29(2)25(31)21-9-5-8-20(14-21)24(30)27-12-6-11-26-15-19-7-4-10-22(13-19)32-3;1-7-5-3-2-4-6-7;1-2/h4-5,7-10,13-14,17,26H,6,11-12,15-16H2,1-3H3,(H,27,30);2-6H,1H3;1-2H. The Labute approximate surface area is 254 Å². The lowest BCUT2D eigenvalue weighted by Crippen LogP contribution is -2.28. The molecule has 4 aromatic rings. The molecule has 3 aromatic carbocycles. The number of hydrogen-bond donors (Lipinski definition) is 2. The van der Waals surface area contributed by atoms with Crippen molar-refractivity contribution in [2.45, 2.75) is 33.4 Å². The average Bonchev–Trinajstić information content (AvgIpc) is 3.44. The van der Waals surface area contributed by atoms with Crippen LogP contribution < -0.4 is 15.4 Å². The summed E-state index contributed by atoms with van der Waals surface area (Å²) < 4.78 is 5.23. The molecule has 0 unspecified atom stereocenters. The van der Waals surface area contributed by atoms with E-state index in [4.69, 9.17) is 4.74 Å². The van der Waals surface area contributed by atoms with Crippen LogP contribution in [0.3, 0.4) is 0 Å². The molecule has 0 aliphatic heterocycles. The summed E-state index contributed by atoms with van der Waals surface area (Å²) >= 11 is 1.53. The molecule has 0 radical (unpaired) electrons. The zero-order chi connectivity index (χ0) is 30.7. The SMILES string of the molecule is C#C.COc1cccc(CNCCCNC(=O)c2cccc(C(=O)N(C)Cc3nc(C)cs3)c2)c1.Cc1ccccc1. The molecule has 0 saturated carbocycles. The Morgan fingerprint density at radius 2 is 1.64 bits per heavy atom. The van der Waals surface area contributed by atoms with E-state index < -0.39 is 0 Å². The van der Waals surface area contributed by atoms with Crippen molar-refractivity contribution in [3.63, 3.8) is 0 Å². The third-order valence-electron chi connectivity index (χ3n) is 5.98. The number of hydrogen-bond acceptors (Lipinski definition) is 6. The Balaban J connectivity index is 0.000000590. The highest BCUT2D eigenvalue weighted by Gasteiger charge is 2.15. The second-order valence-corrected chi connectivity index (χ2v) is 10.4. The summed E-state index contributed by atoms with van der Waals surface area (Å²) in [7, 11) is 3.40. The van der Waals surface area contributed by atoms with E-state index >= 15 is 0 Å². The molecule has 0 aliphatic rings. The third-order valence-corrected chi connectivity index (χ3v) is 6.93. The van der Waals surface area contributed by atoms with Gasteiger partial charge in [-0.2, -0.15) is 0 Å². The number of amides is 2. The Bertz CT molecular complexity index is 1400. The molecule has 0 saturated heterocycles. The summed E-state index contributed by atoms with van der Waals surface area (Å²) in [5, 5.41) is 9.14. The first kappa shape index (κ1) is 33.8. The molecular formula is C34H40N4O3S. The van der Waals surface area contributed by atoms with Crippen LogP contribution in [0.25, 0.3) is 0 Å². The summed E-state index contributed by atoms with van der Waals surface area (Å²) in [4.78, 5) is 31.3. The van der Waals surface area contributed by atoms with Crippen LogP contribution in [0.5, 0.6) is 5.75 Å². The quantitative estimate of drug-likeness (QED) is 0.170. The average molecular weight is 585 g/mol. The Morgan fingerprint density at radius 1 is 0.929 bits per heavy atom. The van der Waals surface area contributed by atoms with Crippen molar-refractivity contribution in [1.82, 2.24) is 20.5 Å². The number of carbonyl (C=O) groups is 2. The predicted octanol–water partition coefficient (Wildman–Crippen LogP) is 5.89. The molecule has 220 valence electrons. The minimum atomic E-state index is -0.185. The van der Waals surface area contributed by atoms with Gasteiger partial charge in [-0.1, -0.05) is 54.1 Å². The number of carbonyl (C=O) groups excluding carboxylic acids is 2. The molecule has 0 atom stereocenters. The number of aryl methyl sites for hydroxylation is 2. The Morgan fingerprint density at radius 3 is 2.29 bits per heavy atom. The Kier molecular flexibility index (Phi) is 15.1. The summed E-state index contributed by atoms with van der Waals surface area (Å²) in [5.74, 6) is 0.515. The molecule has 2 amide bonds. The Hall–Kier alpha value is -4.45. The lowest BCUT2D eigenvalue weighted by Gasteiger charge is -2.16. The summed E-state index contributed by atoms with van der Waals surface area (Å²) in [6, 6.07) is 25.0. The number of methoxy groups -OCH3 is 1. The molecule has 1 aromatic heterocycles. The fourth-order valence-electron chi connectivity index (χ4n) is 3.83. The monoisotopic (exact) mass is 584 g/mol. The van der Waals surface area contributed by atoms with Crippen LogP contribution in [0.1, 0.15) is 49.0 Å². The fraction of sp³-hybridized carbons (Fsp3) is 0.265. The largest absolute Gasteiger partial charge is 0.497 e. The van der Waals surface area contributed by atoms with E-state index in [0.717, 1.165) is 41.5 Å². The van der Waals surface area contributed by atoms with Crippen LogP contribution in [-0.2, 0) is 13.1 Å². The van der Waals surface area contributed by atoms with Gasteiger partial charge in [0.15, 0.2) is 0 Å². The normalized spacial score (nSPS) is 9.86. The molecule has 4 rings (SSSR count). The van der Waals surface area contributed by atoms with Crippen molar-refractivity contribution in [1.29, 1.82) is 0 Å². The highest BCUT2D eigenvalue weighted by molar-refractivity contribution is 7.09. The molecule has 0 bridgehead atoms. The van der Waals surface area contributed by atoms with Crippen LogP contribution in [0, 0.1) is 26.7 Å². The smallest absolute Gasteiger partial charge is 0.253 e. The molecule has 0 aliphatic carbocycles. The van der Waals surface area contributed by atoms with Crippen molar-refractivity contribution in [2.24, 2.45) is 0 Å². The van der Waals surface area contributed by atoms with Gasteiger partial charge in [0.05, 0.1) is 13.7 Å². The van der Waals surface area contributed by atoms with E-state index in [0.29, 0.717) is 24.2 Å². The zero-order valence-corrected chi connectivity index (χ0v) is 25.6. The molecule has 0 fully saturated rings. The number of nitrogens with one attached hydrogen (secondary N) is 2. The van der Waals surface area contributed by atoms with E-state index in [-0.39, 0.29) is 11.8 Å². The molecule has 2 N–H and O–H groups in total. The van der Waals surface area contributed by atoms with Gasteiger partial charge in [0.25, 0.3) is 11.8 Å². The van der Waals surface area contributed by atoms with Crippen molar-refractivity contribution < 1.29 is 14.3 Å². The first-order chi connectivity index (χ1) is 20.4. The number of ether oxygens (including phenoxy) is 1. The predicted molar refractivity (Wildman–Crippen MR) is 172 cm³/mol. The van der Waals surface area contributed by atoms with Crippen LogP contribution >= 0.6 is 11.3 Å². The first-order valence-electron chi connectivity index (χ1n) is 13.6. The highest BCUT2D eigenvalue weighted by atomic mass is 32.1. The van der Waals surface area contributed by atoms with Crippen LogP contribution in [0.2, 0.25) is 0 Å². The second kappa shape index (κ2) is 18.8.